The molecular weight excluding hydrogens is 270 g/mol. The number of hydrogen-bond donors (Lipinski definition) is 1. The first kappa shape index (κ1) is 15.4. The minimum atomic E-state index is -0.343. The van der Waals surface area contributed by atoms with Crippen molar-refractivity contribution < 1.29 is 9.72 Å². The number of nitro benzene ring substituents is 1. The van der Waals surface area contributed by atoms with Crippen LogP contribution in [0.1, 0.15) is 30.9 Å². The van der Waals surface area contributed by atoms with Gasteiger partial charge in [-0.25, -0.2) is 0 Å². The normalized spacial score (nSPS) is 16.0. The molecule has 1 aromatic carbocycles. The third-order valence-corrected chi connectivity index (χ3v) is 4.14. The van der Waals surface area contributed by atoms with Crippen molar-refractivity contribution in [2.75, 3.05) is 13.1 Å². The van der Waals surface area contributed by atoms with Gasteiger partial charge in [0.25, 0.3) is 5.69 Å². The molecule has 0 unspecified atom stereocenters. The standard InChI is InChI=1S/C15H21N3O3/c1-11-13(4-3-5-15(11)18(20)21)10-16-14-6-8-17(9-7-14)12(2)19/h3-5,14,16H,6-10H2,1-2H3. The molecule has 21 heavy (non-hydrogen) atoms. The zero-order chi connectivity index (χ0) is 15.4. The summed E-state index contributed by atoms with van der Waals surface area (Å²) in [5, 5.41) is 14.4. The van der Waals surface area contributed by atoms with Gasteiger partial charge in [0.05, 0.1) is 4.92 Å². The van der Waals surface area contributed by atoms with Gasteiger partial charge in [-0.1, -0.05) is 12.1 Å². The average Bonchev–Trinajstić information content (AvgIpc) is 2.46. The lowest BCUT2D eigenvalue weighted by Crippen LogP contribution is -2.44. The minimum Gasteiger partial charge on any atom is -0.343 e. The maximum Gasteiger partial charge on any atom is 0.272 e. The molecule has 1 fully saturated rings. The first-order chi connectivity index (χ1) is 9.99. The first-order valence-electron chi connectivity index (χ1n) is 7.21. The van der Waals surface area contributed by atoms with E-state index in [0.29, 0.717) is 12.6 Å². The van der Waals surface area contributed by atoms with Gasteiger partial charge in [0, 0.05) is 44.2 Å². The number of likely N-dealkylation sites (tertiary alicyclic amines) is 1. The number of nitrogens with zero attached hydrogens (tertiary/aromatic N) is 2. The summed E-state index contributed by atoms with van der Waals surface area (Å²) in [5.74, 6) is 0.128. The molecule has 0 aliphatic carbocycles. The molecule has 1 aliphatic rings. The van der Waals surface area contributed by atoms with Crippen LogP contribution >= 0.6 is 0 Å². The quantitative estimate of drug-likeness (QED) is 0.680. The van der Waals surface area contributed by atoms with E-state index in [1.54, 1.807) is 19.9 Å². The van der Waals surface area contributed by atoms with Gasteiger partial charge in [-0.3, -0.25) is 14.9 Å². The van der Waals surface area contributed by atoms with Crippen molar-refractivity contribution in [3.8, 4) is 0 Å². The zero-order valence-electron chi connectivity index (χ0n) is 12.5. The van der Waals surface area contributed by atoms with Crippen LogP contribution in [0.3, 0.4) is 0 Å². The summed E-state index contributed by atoms with van der Waals surface area (Å²) in [4.78, 5) is 23.7. The van der Waals surface area contributed by atoms with Crippen molar-refractivity contribution in [2.45, 2.75) is 39.3 Å². The molecule has 0 saturated carbocycles. The lowest BCUT2D eigenvalue weighted by molar-refractivity contribution is -0.385. The topological polar surface area (TPSA) is 75.5 Å². The molecule has 114 valence electrons. The fraction of sp³-hybridized carbons (Fsp3) is 0.533. The number of nitro groups is 1. The molecule has 0 aromatic heterocycles. The molecule has 0 atom stereocenters. The van der Waals surface area contributed by atoms with Crippen LogP contribution in [-0.4, -0.2) is 34.9 Å². The monoisotopic (exact) mass is 291 g/mol. The van der Waals surface area contributed by atoms with Gasteiger partial charge in [0.15, 0.2) is 0 Å². The number of carbonyl (C=O) groups is 1. The highest BCUT2D eigenvalue weighted by atomic mass is 16.6. The third kappa shape index (κ3) is 3.78. The highest BCUT2D eigenvalue weighted by molar-refractivity contribution is 5.73. The van der Waals surface area contributed by atoms with Crippen molar-refractivity contribution in [2.24, 2.45) is 0 Å². The molecule has 1 aliphatic heterocycles. The second kappa shape index (κ2) is 6.67. The third-order valence-electron chi connectivity index (χ3n) is 4.14. The number of piperidine rings is 1. The molecule has 1 heterocycles. The molecule has 2 rings (SSSR count). The van der Waals surface area contributed by atoms with E-state index in [1.165, 1.54) is 6.07 Å². The number of hydrogen-bond acceptors (Lipinski definition) is 4. The molecule has 0 bridgehead atoms. The van der Waals surface area contributed by atoms with E-state index < -0.39 is 0 Å². The smallest absolute Gasteiger partial charge is 0.272 e. The SMILES string of the molecule is CC(=O)N1CCC(NCc2cccc([N+](=O)[O-])c2C)CC1. The van der Waals surface area contributed by atoms with E-state index in [-0.39, 0.29) is 16.5 Å². The van der Waals surface area contributed by atoms with Crippen LogP contribution in [0.4, 0.5) is 5.69 Å². The number of nitrogens with one attached hydrogen (secondary N) is 1. The largest absolute Gasteiger partial charge is 0.343 e. The number of carbonyl (C=O) groups excluding carboxylic acids is 1. The van der Waals surface area contributed by atoms with E-state index in [9.17, 15) is 14.9 Å². The molecule has 1 N–H and O–H groups in total. The molecule has 1 aromatic rings. The summed E-state index contributed by atoms with van der Waals surface area (Å²) >= 11 is 0. The van der Waals surface area contributed by atoms with E-state index >= 15 is 0 Å². The van der Waals surface area contributed by atoms with E-state index in [4.69, 9.17) is 0 Å². The summed E-state index contributed by atoms with van der Waals surface area (Å²) in [6.45, 7) is 5.56. The van der Waals surface area contributed by atoms with Gasteiger partial charge in [-0.2, -0.15) is 0 Å². The summed E-state index contributed by atoms with van der Waals surface area (Å²) in [6, 6.07) is 5.53. The van der Waals surface area contributed by atoms with E-state index in [1.807, 2.05) is 11.0 Å². The fourth-order valence-electron chi connectivity index (χ4n) is 2.71. The van der Waals surface area contributed by atoms with Gasteiger partial charge in [-0.15, -0.1) is 0 Å². The van der Waals surface area contributed by atoms with Crippen molar-refractivity contribution in [1.82, 2.24) is 10.2 Å². The Labute approximate surface area is 124 Å². The number of rotatable bonds is 4. The fourth-order valence-corrected chi connectivity index (χ4v) is 2.71. The second-order valence-corrected chi connectivity index (χ2v) is 5.48. The molecular formula is C15H21N3O3. The van der Waals surface area contributed by atoms with Gasteiger partial charge < -0.3 is 10.2 Å². The predicted molar refractivity (Wildman–Crippen MR) is 79.9 cm³/mol. The molecule has 0 spiro atoms. The Morgan fingerprint density at radius 3 is 2.67 bits per heavy atom. The Hall–Kier alpha value is -1.95. The molecule has 0 radical (unpaired) electrons. The van der Waals surface area contributed by atoms with Crippen molar-refractivity contribution in [3.63, 3.8) is 0 Å². The van der Waals surface area contributed by atoms with Crippen LogP contribution in [0, 0.1) is 17.0 Å². The van der Waals surface area contributed by atoms with E-state index in [2.05, 4.69) is 5.32 Å². The highest BCUT2D eigenvalue weighted by Gasteiger charge is 2.20. The van der Waals surface area contributed by atoms with Crippen molar-refractivity contribution >= 4 is 11.6 Å². The predicted octanol–water partition coefficient (Wildman–Crippen LogP) is 2.00. The Morgan fingerprint density at radius 2 is 2.10 bits per heavy atom. The Balaban J connectivity index is 1.91. The lowest BCUT2D eigenvalue weighted by Gasteiger charge is -2.32. The van der Waals surface area contributed by atoms with Crippen LogP contribution < -0.4 is 5.32 Å². The Bertz CT molecular complexity index is 537. The van der Waals surface area contributed by atoms with Crippen LogP contribution in [0.5, 0.6) is 0 Å². The maximum atomic E-state index is 11.3. The van der Waals surface area contributed by atoms with Gasteiger partial charge >= 0.3 is 0 Å². The number of amides is 1. The van der Waals surface area contributed by atoms with Crippen LogP contribution in [-0.2, 0) is 11.3 Å². The summed E-state index contributed by atoms with van der Waals surface area (Å²) in [7, 11) is 0. The van der Waals surface area contributed by atoms with Gasteiger partial charge in [0.1, 0.15) is 0 Å². The molecule has 6 nitrogen and oxygen atoms in total. The molecule has 6 heteroatoms. The maximum absolute atomic E-state index is 11.3. The molecule has 1 saturated heterocycles. The van der Waals surface area contributed by atoms with Crippen molar-refractivity contribution in [1.29, 1.82) is 0 Å². The van der Waals surface area contributed by atoms with Crippen LogP contribution in [0.25, 0.3) is 0 Å². The average molecular weight is 291 g/mol. The summed E-state index contributed by atoms with van der Waals surface area (Å²) in [5.41, 5.74) is 1.84. The number of benzene rings is 1. The first-order valence-corrected chi connectivity index (χ1v) is 7.21. The summed E-state index contributed by atoms with van der Waals surface area (Å²) in [6.07, 6.45) is 1.85. The minimum absolute atomic E-state index is 0.128. The van der Waals surface area contributed by atoms with Crippen LogP contribution in [0.15, 0.2) is 18.2 Å². The zero-order valence-corrected chi connectivity index (χ0v) is 12.5. The highest BCUT2D eigenvalue weighted by Crippen LogP contribution is 2.21. The Morgan fingerprint density at radius 1 is 1.43 bits per heavy atom. The van der Waals surface area contributed by atoms with Gasteiger partial charge in [-0.05, 0) is 25.3 Å². The van der Waals surface area contributed by atoms with Gasteiger partial charge in [0.2, 0.25) is 5.91 Å². The molecule has 1 amide bonds. The Kier molecular flexibility index (Phi) is 4.90. The summed E-state index contributed by atoms with van der Waals surface area (Å²) < 4.78 is 0. The lowest BCUT2D eigenvalue weighted by atomic mass is 10.0. The van der Waals surface area contributed by atoms with Crippen LogP contribution in [0.2, 0.25) is 0 Å². The van der Waals surface area contributed by atoms with Crippen molar-refractivity contribution in [3.05, 3.63) is 39.4 Å². The van der Waals surface area contributed by atoms with E-state index in [0.717, 1.165) is 37.1 Å². The second-order valence-electron chi connectivity index (χ2n) is 5.48.